The van der Waals surface area contributed by atoms with Crippen LogP contribution in [0, 0.1) is 13.8 Å². The van der Waals surface area contributed by atoms with Crippen LogP contribution in [0.15, 0.2) is 47.9 Å². The molecule has 0 aliphatic rings. The largest absolute Gasteiger partial charge is 0.325 e. The van der Waals surface area contributed by atoms with Crippen LogP contribution in [-0.2, 0) is 4.79 Å². The molecule has 3 rings (SSSR count). The van der Waals surface area contributed by atoms with Crippen LogP contribution in [0.3, 0.4) is 0 Å². The van der Waals surface area contributed by atoms with E-state index in [9.17, 15) is 4.79 Å². The molecule has 0 atom stereocenters. The van der Waals surface area contributed by atoms with Gasteiger partial charge in [0.25, 0.3) is 0 Å². The first-order valence-corrected chi connectivity index (χ1v) is 8.65. The van der Waals surface area contributed by atoms with Gasteiger partial charge in [0.15, 0.2) is 5.82 Å². The number of carbonyl (C=O) groups excluding carboxylic acids is 1. The molecule has 0 aliphatic carbocycles. The van der Waals surface area contributed by atoms with Gasteiger partial charge in [0.05, 0.1) is 5.75 Å². The minimum absolute atomic E-state index is 0.120. The Morgan fingerprint density at radius 2 is 2.00 bits per heavy atom. The van der Waals surface area contributed by atoms with Crippen LogP contribution >= 0.6 is 23.4 Å². The summed E-state index contributed by atoms with van der Waals surface area (Å²) in [6.07, 6.45) is 3.80. The fourth-order valence-corrected chi connectivity index (χ4v) is 3.15. The van der Waals surface area contributed by atoms with Gasteiger partial charge < -0.3 is 5.32 Å². The van der Waals surface area contributed by atoms with Gasteiger partial charge >= 0.3 is 0 Å². The quantitative estimate of drug-likeness (QED) is 0.707. The van der Waals surface area contributed by atoms with Gasteiger partial charge in [-0.1, -0.05) is 29.4 Å². The predicted octanol–water partition coefficient (Wildman–Crippen LogP) is 3.39. The monoisotopic (exact) mass is 361 g/mol. The standard InChI is InChI=1S/C16H16ClN5OS/c1-11-5-6-13(17)9-14(11)18-15(23)10-24-16-20-19-12(2)22(16)21-7-3-4-8-21/h3-9H,10H2,1-2H3,(H,18,23). The van der Waals surface area contributed by atoms with E-state index in [4.69, 9.17) is 11.6 Å². The second kappa shape index (κ2) is 7.11. The van der Waals surface area contributed by atoms with Crippen molar-refractivity contribution in [2.75, 3.05) is 11.1 Å². The number of hydrogen-bond donors (Lipinski definition) is 1. The highest BCUT2D eigenvalue weighted by Gasteiger charge is 2.13. The number of rotatable bonds is 5. The molecular formula is C16H16ClN5OS. The van der Waals surface area contributed by atoms with Crippen molar-refractivity contribution in [2.24, 2.45) is 0 Å². The van der Waals surface area contributed by atoms with E-state index in [-0.39, 0.29) is 11.7 Å². The Labute approximate surface area is 148 Å². The van der Waals surface area contributed by atoms with E-state index in [2.05, 4.69) is 15.5 Å². The van der Waals surface area contributed by atoms with Crippen molar-refractivity contribution in [3.63, 3.8) is 0 Å². The molecule has 0 saturated carbocycles. The summed E-state index contributed by atoms with van der Waals surface area (Å²) in [6, 6.07) is 9.25. The first-order valence-electron chi connectivity index (χ1n) is 7.29. The Balaban J connectivity index is 1.68. The van der Waals surface area contributed by atoms with Crippen LogP contribution in [0.1, 0.15) is 11.4 Å². The van der Waals surface area contributed by atoms with Crippen LogP contribution in [-0.4, -0.2) is 31.2 Å². The summed E-state index contributed by atoms with van der Waals surface area (Å²) in [4.78, 5) is 12.2. The van der Waals surface area contributed by atoms with Crippen molar-refractivity contribution in [1.29, 1.82) is 0 Å². The van der Waals surface area contributed by atoms with Crippen molar-refractivity contribution in [3.05, 3.63) is 59.1 Å². The average molecular weight is 362 g/mol. The molecule has 124 valence electrons. The fraction of sp³-hybridized carbons (Fsp3) is 0.188. The van der Waals surface area contributed by atoms with E-state index in [1.165, 1.54) is 11.8 Å². The Kier molecular flexibility index (Phi) is 4.92. The number of hydrogen-bond acceptors (Lipinski definition) is 4. The van der Waals surface area contributed by atoms with Gasteiger partial charge in [-0.2, -0.15) is 0 Å². The van der Waals surface area contributed by atoms with Crippen molar-refractivity contribution < 1.29 is 4.79 Å². The molecule has 6 nitrogen and oxygen atoms in total. The van der Waals surface area contributed by atoms with Gasteiger partial charge in [0.2, 0.25) is 11.1 Å². The Bertz CT molecular complexity index is 859. The fourth-order valence-electron chi connectivity index (χ4n) is 2.20. The summed E-state index contributed by atoms with van der Waals surface area (Å²) in [6.45, 7) is 3.79. The van der Waals surface area contributed by atoms with Crippen molar-refractivity contribution in [1.82, 2.24) is 19.5 Å². The SMILES string of the molecule is Cc1ccc(Cl)cc1NC(=O)CSc1nnc(C)n1-n1cccc1. The highest BCUT2D eigenvalue weighted by molar-refractivity contribution is 7.99. The lowest BCUT2D eigenvalue weighted by Gasteiger charge is -2.10. The number of carbonyl (C=O) groups is 1. The van der Waals surface area contributed by atoms with E-state index in [0.29, 0.717) is 10.2 Å². The zero-order valence-corrected chi connectivity index (χ0v) is 14.8. The third kappa shape index (κ3) is 3.63. The van der Waals surface area contributed by atoms with Crippen LogP contribution in [0.25, 0.3) is 0 Å². The molecule has 0 unspecified atom stereocenters. The number of aryl methyl sites for hydroxylation is 2. The second-order valence-electron chi connectivity index (χ2n) is 5.20. The van der Waals surface area contributed by atoms with E-state index in [1.54, 1.807) is 12.1 Å². The maximum absolute atomic E-state index is 12.2. The van der Waals surface area contributed by atoms with E-state index >= 15 is 0 Å². The maximum Gasteiger partial charge on any atom is 0.234 e. The molecule has 8 heteroatoms. The third-order valence-electron chi connectivity index (χ3n) is 3.39. The number of amides is 1. The Morgan fingerprint density at radius 1 is 1.25 bits per heavy atom. The van der Waals surface area contributed by atoms with Crippen molar-refractivity contribution in [2.45, 2.75) is 19.0 Å². The number of aromatic nitrogens is 4. The van der Waals surface area contributed by atoms with Gasteiger partial charge in [0, 0.05) is 23.1 Å². The Morgan fingerprint density at radius 3 is 2.75 bits per heavy atom. The smallest absolute Gasteiger partial charge is 0.234 e. The summed E-state index contributed by atoms with van der Waals surface area (Å²) in [5, 5.41) is 12.3. The third-order valence-corrected chi connectivity index (χ3v) is 4.55. The molecule has 0 spiro atoms. The van der Waals surface area contributed by atoms with Crippen LogP contribution in [0.4, 0.5) is 5.69 Å². The van der Waals surface area contributed by atoms with E-state index in [0.717, 1.165) is 17.1 Å². The molecule has 1 amide bonds. The molecule has 3 aromatic rings. The molecule has 1 aromatic carbocycles. The van der Waals surface area contributed by atoms with Crippen LogP contribution in [0.2, 0.25) is 5.02 Å². The summed E-state index contributed by atoms with van der Waals surface area (Å²) >= 11 is 7.30. The topological polar surface area (TPSA) is 64.7 Å². The Hall–Kier alpha value is -2.25. The van der Waals surface area contributed by atoms with Gasteiger partial charge in [0.1, 0.15) is 0 Å². The summed E-state index contributed by atoms with van der Waals surface area (Å²) in [5.74, 6) is 0.857. The number of benzene rings is 1. The summed E-state index contributed by atoms with van der Waals surface area (Å²) in [5.41, 5.74) is 1.68. The molecule has 1 N–H and O–H groups in total. The molecule has 2 heterocycles. The first kappa shape index (κ1) is 16.6. The number of anilines is 1. The van der Waals surface area contributed by atoms with Crippen molar-refractivity contribution >= 4 is 35.0 Å². The summed E-state index contributed by atoms with van der Waals surface area (Å²) < 4.78 is 3.72. The predicted molar refractivity (Wildman–Crippen MR) is 95.5 cm³/mol. The minimum Gasteiger partial charge on any atom is -0.325 e. The lowest BCUT2D eigenvalue weighted by atomic mass is 10.2. The number of nitrogens with zero attached hydrogens (tertiary/aromatic N) is 4. The zero-order valence-electron chi connectivity index (χ0n) is 13.2. The zero-order chi connectivity index (χ0) is 17.1. The van der Waals surface area contributed by atoms with Gasteiger partial charge in [-0.25, -0.2) is 4.68 Å². The van der Waals surface area contributed by atoms with Gasteiger partial charge in [-0.3, -0.25) is 9.47 Å². The first-order chi connectivity index (χ1) is 11.5. The molecule has 0 radical (unpaired) electrons. The molecule has 0 fully saturated rings. The summed E-state index contributed by atoms with van der Waals surface area (Å²) in [7, 11) is 0. The highest BCUT2D eigenvalue weighted by Crippen LogP contribution is 2.22. The number of halogens is 1. The second-order valence-corrected chi connectivity index (χ2v) is 6.58. The number of thioether (sulfide) groups is 1. The molecule has 0 saturated heterocycles. The maximum atomic E-state index is 12.2. The van der Waals surface area contributed by atoms with Crippen LogP contribution in [0.5, 0.6) is 0 Å². The van der Waals surface area contributed by atoms with Gasteiger partial charge in [-0.05, 0) is 43.7 Å². The van der Waals surface area contributed by atoms with Crippen molar-refractivity contribution in [3.8, 4) is 0 Å². The highest BCUT2D eigenvalue weighted by atomic mass is 35.5. The minimum atomic E-state index is -0.120. The number of nitrogens with one attached hydrogen (secondary N) is 1. The van der Waals surface area contributed by atoms with Crippen LogP contribution < -0.4 is 5.32 Å². The molecule has 24 heavy (non-hydrogen) atoms. The molecule has 2 aromatic heterocycles. The van der Waals surface area contributed by atoms with E-state index in [1.807, 2.05) is 53.8 Å². The lowest BCUT2D eigenvalue weighted by Crippen LogP contribution is -2.16. The molecule has 0 bridgehead atoms. The average Bonchev–Trinajstić information content (AvgIpc) is 3.18. The molecular weight excluding hydrogens is 346 g/mol. The van der Waals surface area contributed by atoms with E-state index < -0.39 is 0 Å². The normalized spacial score (nSPS) is 10.8. The molecule has 0 aliphatic heterocycles. The lowest BCUT2D eigenvalue weighted by molar-refractivity contribution is -0.113. The van der Waals surface area contributed by atoms with Gasteiger partial charge in [-0.15, -0.1) is 10.2 Å².